The number of hydrogen-bond donors (Lipinski definition) is 0. The molecular formula is C9H24ClISn2. The predicted octanol–water partition coefficient (Wildman–Crippen LogP) is 5.49. The van der Waals surface area contributed by atoms with Crippen LogP contribution in [-0.2, 0) is 0 Å². The first-order valence-corrected chi connectivity index (χ1v) is 31.6. The zero-order chi connectivity index (χ0) is 11.1. The third-order valence-corrected chi connectivity index (χ3v) is 18.1. The van der Waals surface area contributed by atoms with E-state index in [2.05, 4.69) is 54.2 Å². The zero-order valence-electron chi connectivity index (χ0n) is 9.88. The summed E-state index contributed by atoms with van der Waals surface area (Å²) in [5.41, 5.74) is 0. The summed E-state index contributed by atoms with van der Waals surface area (Å²) >= 11 is -0.485. The summed E-state index contributed by atoms with van der Waals surface area (Å²) < 4.78 is 3.88. The van der Waals surface area contributed by atoms with E-state index in [9.17, 15) is 0 Å². The first-order chi connectivity index (χ1) is 5.68. The Balaban J connectivity index is 0. The van der Waals surface area contributed by atoms with E-state index in [0.29, 0.717) is 0 Å². The molecule has 0 nitrogen and oxygen atoms in total. The normalized spacial score (nSPS) is 12.0. The van der Waals surface area contributed by atoms with Gasteiger partial charge in [0.25, 0.3) is 0 Å². The molecule has 0 atom stereocenters. The molecule has 0 aromatic rings. The molecule has 0 aliphatic rings. The molecule has 0 amide bonds. The second-order valence-electron chi connectivity index (χ2n) is 4.28. The SMILES string of the molecule is C[CH2][Sn]([Cl])([CH2]C)[CH2]C.[CH3][Sn]([CH3])([CH3])[I]. The Morgan fingerprint density at radius 3 is 1.08 bits per heavy atom. The quantitative estimate of drug-likeness (QED) is 0.334. The summed E-state index contributed by atoms with van der Waals surface area (Å²) in [6.45, 7) is 6.70. The van der Waals surface area contributed by atoms with Crippen molar-refractivity contribution in [2.75, 3.05) is 0 Å². The second kappa shape index (κ2) is 8.73. The maximum absolute atomic E-state index is 6.30. The summed E-state index contributed by atoms with van der Waals surface area (Å²) in [5.74, 6) is 0. The van der Waals surface area contributed by atoms with Gasteiger partial charge in [-0.3, -0.25) is 0 Å². The van der Waals surface area contributed by atoms with Crippen LogP contribution in [0.1, 0.15) is 20.8 Å². The first kappa shape index (κ1) is 18.0. The Labute approximate surface area is 106 Å². The predicted molar refractivity (Wildman–Crippen MR) is 80.4 cm³/mol. The Morgan fingerprint density at radius 2 is 1.08 bits per heavy atom. The van der Waals surface area contributed by atoms with Gasteiger partial charge in [-0.2, -0.15) is 0 Å². The molecule has 0 unspecified atom stereocenters. The molecule has 0 bridgehead atoms. The number of hydrogen-bond acceptors (Lipinski definition) is 0. The Hall–Kier alpha value is 2.62. The van der Waals surface area contributed by atoms with Gasteiger partial charge in [0.2, 0.25) is 0 Å². The second-order valence-corrected chi connectivity index (χ2v) is 55.8. The van der Waals surface area contributed by atoms with Crippen molar-refractivity contribution in [1.82, 2.24) is 0 Å². The average molecular weight is 532 g/mol. The van der Waals surface area contributed by atoms with E-state index in [1.807, 2.05) is 0 Å². The zero-order valence-corrected chi connectivity index (χ0v) is 18.5. The van der Waals surface area contributed by atoms with Crippen molar-refractivity contribution >= 4 is 59.2 Å². The summed E-state index contributed by atoms with van der Waals surface area (Å²) in [6.07, 6.45) is 0. The van der Waals surface area contributed by atoms with E-state index in [4.69, 9.17) is 8.92 Å². The van der Waals surface area contributed by atoms with Crippen molar-refractivity contribution in [3.63, 3.8) is 0 Å². The van der Waals surface area contributed by atoms with Crippen molar-refractivity contribution in [2.45, 2.75) is 48.9 Å². The van der Waals surface area contributed by atoms with Gasteiger partial charge in [0.05, 0.1) is 0 Å². The Bertz CT molecular complexity index is 105. The van der Waals surface area contributed by atoms with E-state index in [0.717, 1.165) is 0 Å². The minimum absolute atomic E-state index is 1.21. The molecule has 0 aliphatic heterocycles. The molecule has 4 heteroatoms. The molecule has 0 fully saturated rings. The van der Waals surface area contributed by atoms with Crippen LogP contribution in [0.5, 0.6) is 0 Å². The van der Waals surface area contributed by atoms with Gasteiger partial charge in [-0.1, -0.05) is 0 Å². The minimum atomic E-state index is -1.86. The van der Waals surface area contributed by atoms with E-state index in [-0.39, 0.29) is 0 Å². The van der Waals surface area contributed by atoms with Gasteiger partial charge in [0.15, 0.2) is 0 Å². The van der Waals surface area contributed by atoms with Gasteiger partial charge in [-0.05, 0) is 0 Å². The van der Waals surface area contributed by atoms with Crippen molar-refractivity contribution in [3.05, 3.63) is 0 Å². The van der Waals surface area contributed by atoms with Crippen LogP contribution in [0.4, 0.5) is 0 Å². The topological polar surface area (TPSA) is 0 Å². The van der Waals surface area contributed by atoms with Crippen LogP contribution in [-0.4, -0.2) is 31.7 Å². The molecule has 82 valence electrons. The molecule has 13 heavy (non-hydrogen) atoms. The van der Waals surface area contributed by atoms with Gasteiger partial charge in [0.1, 0.15) is 0 Å². The fourth-order valence-corrected chi connectivity index (χ4v) is 5.03. The van der Waals surface area contributed by atoms with Crippen LogP contribution in [0.2, 0.25) is 28.1 Å². The van der Waals surface area contributed by atoms with Crippen molar-refractivity contribution in [3.8, 4) is 0 Å². The van der Waals surface area contributed by atoms with Crippen LogP contribution in [0, 0.1) is 0 Å². The monoisotopic (exact) mass is 534 g/mol. The summed E-state index contributed by atoms with van der Waals surface area (Å²) in [4.78, 5) is 7.15. The van der Waals surface area contributed by atoms with Crippen molar-refractivity contribution < 1.29 is 0 Å². The van der Waals surface area contributed by atoms with E-state index in [1.54, 1.807) is 0 Å². The first-order valence-electron chi connectivity index (χ1n) is 5.06. The standard InChI is InChI=1S/3C2H5.3CH3.ClH.HI.2Sn/c3*1-2;;;;;;;/h3*1H2,2H3;3*1H3;2*1H;;/q;;;;;;;;2*+1/p-2. The number of halogens is 2. The molecule has 0 radical (unpaired) electrons. The van der Waals surface area contributed by atoms with Gasteiger partial charge in [-0.15, -0.1) is 0 Å². The molecule has 0 saturated heterocycles. The molecule has 0 aromatic heterocycles. The molecule has 0 aliphatic carbocycles. The maximum atomic E-state index is 6.30. The van der Waals surface area contributed by atoms with Crippen LogP contribution >= 0.6 is 27.6 Å². The van der Waals surface area contributed by atoms with Gasteiger partial charge in [-0.25, -0.2) is 0 Å². The summed E-state index contributed by atoms with van der Waals surface area (Å²) in [5, 5.41) is 0. The molecule has 0 aromatic carbocycles. The summed E-state index contributed by atoms with van der Waals surface area (Å²) in [7, 11) is 6.30. The van der Waals surface area contributed by atoms with Gasteiger partial charge < -0.3 is 0 Å². The third-order valence-electron chi connectivity index (χ3n) is 1.90. The molecule has 0 N–H and O–H groups in total. The molecule has 0 spiro atoms. The molecule has 0 saturated carbocycles. The van der Waals surface area contributed by atoms with E-state index >= 15 is 0 Å². The fraction of sp³-hybridized carbons (Fsp3) is 1.00. The summed E-state index contributed by atoms with van der Waals surface area (Å²) in [6, 6.07) is 0. The van der Waals surface area contributed by atoms with Gasteiger partial charge in [0, 0.05) is 0 Å². The average Bonchev–Trinajstić information content (AvgIpc) is 2.00. The Kier molecular flexibility index (Phi) is 12.1. The van der Waals surface area contributed by atoms with Gasteiger partial charge >= 0.3 is 108 Å². The van der Waals surface area contributed by atoms with Crippen LogP contribution in [0.3, 0.4) is 0 Å². The van der Waals surface area contributed by atoms with E-state index < -0.39 is 31.7 Å². The van der Waals surface area contributed by atoms with Crippen molar-refractivity contribution in [1.29, 1.82) is 0 Å². The van der Waals surface area contributed by atoms with Crippen LogP contribution < -0.4 is 0 Å². The fourth-order valence-electron chi connectivity index (χ4n) is 0.750. The van der Waals surface area contributed by atoms with Crippen LogP contribution in [0.25, 0.3) is 0 Å². The van der Waals surface area contributed by atoms with Crippen molar-refractivity contribution in [2.24, 2.45) is 0 Å². The number of rotatable bonds is 3. The molecule has 0 rings (SSSR count). The Morgan fingerprint density at radius 1 is 0.923 bits per heavy atom. The third kappa shape index (κ3) is 17.2. The van der Waals surface area contributed by atoms with E-state index in [1.165, 1.54) is 13.3 Å². The molecular weight excluding hydrogens is 508 g/mol. The molecule has 0 heterocycles. The van der Waals surface area contributed by atoms with Crippen LogP contribution in [0.15, 0.2) is 0 Å².